The fourth-order valence-corrected chi connectivity index (χ4v) is 2.34. The second-order valence-corrected chi connectivity index (χ2v) is 4.54. The first-order valence-electron chi connectivity index (χ1n) is 6.50. The maximum Gasteiger partial charge on any atom is 0.332 e. The monoisotopic (exact) mass is 253 g/mol. The van der Waals surface area contributed by atoms with Gasteiger partial charge in [0.05, 0.1) is 11.0 Å². The summed E-state index contributed by atoms with van der Waals surface area (Å²) >= 11 is 0. The molecule has 96 valence electrons. The molecule has 0 N–H and O–H groups in total. The van der Waals surface area contributed by atoms with Crippen molar-refractivity contribution in [1.82, 2.24) is 4.73 Å². The standard InChI is InChI=1S/C16H15NO2/c1-2-7-16(18)19-17-14-10-5-3-8-12(14)13-9-4-6-11-15(13)17/h3-6,8-11H,2,7H2,1H3. The third-order valence-electron chi connectivity index (χ3n) is 3.18. The normalized spacial score (nSPS) is 11.0. The summed E-state index contributed by atoms with van der Waals surface area (Å²) in [6.07, 6.45) is 1.22. The minimum Gasteiger partial charge on any atom is -0.336 e. The Balaban J connectivity index is 2.22. The van der Waals surface area contributed by atoms with Gasteiger partial charge >= 0.3 is 5.97 Å². The van der Waals surface area contributed by atoms with E-state index in [1.807, 2.05) is 55.5 Å². The maximum atomic E-state index is 11.8. The van der Waals surface area contributed by atoms with Crippen molar-refractivity contribution in [3.63, 3.8) is 0 Å². The lowest BCUT2D eigenvalue weighted by Crippen LogP contribution is -2.18. The van der Waals surface area contributed by atoms with Crippen molar-refractivity contribution in [2.75, 3.05) is 0 Å². The highest BCUT2D eigenvalue weighted by Gasteiger charge is 2.12. The highest BCUT2D eigenvalue weighted by molar-refractivity contribution is 6.07. The van der Waals surface area contributed by atoms with Crippen LogP contribution in [0.4, 0.5) is 0 Å². The number of aromatic nitrogens is 1. The van der Waals surface area contributed by atoms with Crippen LogP contribution in [0.15, 0.2) is 48.5 Å². The van der Waals surface area contributed by atoms with Gasteiger partial charge < -0.3 is 4.84 Å². The number of benzene rings is 2. The van der Waals surface area contributed by atoms with Crippen molar-refractivity contribution in [2.45, 2.75) is 19.8 Å². The molecule has 0 fully saturated rings. The van der Waals surface area contributed by atoms with Gasteiger partial charge in [0.25, 0.3) is 0 Å². The third-order valence-corrected chi connectivity index (χ3v) is 3.18. The van der Waals surface area contributed by atoms with Gasteiger partial charge in [-0.25, -0.2) is 4.79 Å². The van der Waals surface area contributed by atoms with E-state index in [0.29, 0.717) is 6.42 Å². The average molecular weight is 253 g/mol. The number of fused-ring (bicyclic) bond motifs is 3. The number of hydrogen-bond donors (Lipinski definition) is 0. The van der Waals surface area contributed by atoms with E-state index < -0.39 is 0 Å². The van der Waals surface area contributed by atoms with Crippen molar-refractivity contribution in [3.05, 3.63) is 48.5 Å². The molecule has 1 aromatic heterocycles. The molecule has 1 heterocycles. The minimum atomic E-state index is -0.200. The Morgan fingerprint density at radius 2 is 1.53 bits per heavy atom. The highest BCUT2D eigenvalue weighted by Crippen LogP contribution is 2.27. The Morgan fingerprint density at radius 3 is 2.05 bits per heavy atom. The van der Waals surface area contributed by atoms with Crippen molar-refractivity contribution >= 4 is 27.8 Å². The van der Waals surface area contributed by atoms with Gasteiger partial charge in [-0.05, 0) is 18.6 Å². The van der Waals surface area contributed by atoms with E-state index >= 15 is 0 Å². The summed E-state index contributed by atoms with van der Waals surface area (Å²) in [6, 6.07) is 15.9. The number of para-hydroxylation sites is 2. The molecule has 0 saturated carbocycles. The number of carbonyl (C=O) groups excluding carboxylic acids is 1. The van der Waals surface area contributed by atoms with E-state index in [1.165, 1.54) is 0 Å². The van der Waals surface area contributed by atoms with E-state index in [4.69, 9.17) is 4.84 Å². The smallest absolute Gasteiger partial charge is 0.332 e. The average Bonchev–Trinajstić information content (AvgIpc) is 2.75. The quantitative estimate of drug-likeness (QED) is 0.714. The molecule has 3 aromatic rings. The molecule has 0 aliphatic carbocycles. The Bertz CT molecular complexity index is 689. The molecule has 3 heteroatoms. The molecular formula is C16H15NO2. The van der Waals surface area contributed by atoms with Crippen LogP contribution >= 0.6 is 0 Å². The second-order valence-electron chi connectivity index (χ2n) is 4.54. The molecule has 0 aliphatic heterocycles. The van der Waals surface area contributed by atoms with Gasteiger partial charge in [-0.15, -0.1) is 0 Å². The number of hydrogen-bond acceptors (Lipinski definition) is 2. The third kappa shape index (κ3) is 1.97. The van der Waals surface area contributed by atoms with Gasteiger partial charge in [0.15, 0.2) is 0 Å². The maximum absolute atomic E-state index is 11.8. The fraction of sp³-hybridized carbons (Fsp3) is 0.188. The summed E-state index contributed by atoms with van der Waals surface area (Å²) < 4.78 is 1.64. The van der Waals surface area contributed by atoms with Gasteiger partial charge in [0.1, 0.15) is 0 Å². The van der Waals surface area contributed by atoms with Crippen molar-refractivity contribution in [1.29, 1.82) is 0 Å². The first-order chi connectivity index (χ1) is 9.31. The minimum absolute atomic E-state index is 0.200. The van der Waals surface area contributed by atoms with Crippen LogP contribution in [0.2, 0.25) is 0 Å². The van der Waals surface area contributed by atoms with Crippen LogP contribution in [0.25, 0.3) is 21.8 Å². The second kappa shape index (κ2) is 4.76. The van der Waals surface area contributed by atoms with Crippen LogP contribution < -0.4 is 4.84 Å². The molecule has 0 amide bonds. The van der Waals surface area contributed by atoms with Crippen LogP contribution in [-0.2, 0) is 4.79 Å². The lowest BCUT2D eigenvalue weighted by Gasteiger charge is -2.06. The van der Waals surface area contributed by atoms with Gasteiger partial charge in [-0.1, -0.05) is 43.3 Å². The zero-order valence-corrected chi connectivity index (χ0v) is 10.8. The predicted molar refractivity (Wildman–Crippen MR) is 75.9 cm³/mol. The topological polar surface area (TPSA) is 31.2 Å². The largest absolute Gasteiger partial charge is 0.336 e. The fourth-order valence-electron chi connectivity index (χ4n) is 2.34. The summed E-state index contributed by atoms with van der Waals surface area (Å²) in [4.78, 5) is 17.3. The Hall–Kier alpha value is -2.29. The lowest BCUT2D eigenvalue weighted by atomic mass is 10.2. The van der Waals surface area contributed by atoms with Crippen molar-refractivity contribution in [3.8, 4) is 0 Å². The molecule has 0 atom stereocenters. The Morgan fingerprint density at radius 1 is 1.00 bits per heavy atom. The summed E-state index contributed by atoms with van der Waals surface area (Å²) in [5, 5.41) is 2.20. The molecule has 0 radical (unpaired) electrons. The first kappa shape index (κ1) is 11.8. The number of nitrogens with zero attached hydrogens (tertiary/aromatic N) is 1. The van der Waals surface area contributed by atoms with Crippen molar-refractivity contribution < 1.29 is 9.63 Å². The van der Waals surface area contributed by atoms with Gasteiger partial charge in [-0.3, -0.25) is 0 Å². The molecule has 3 nitrogen and oxygen atoms in total. The van der Waals surface area contributed by atoms with Gasteiger partial charge in [0, 0.05) is 17.2 Å². The van der Waals surface area contributed by atoms with Gasteiger partial charge in [0.2, 0.25) is 0 Å². The van der Waals surface area contributed by atoms with E-state index in [9.17, 15) is 4.79 Å². The number of carbonyl (C=O) groups is 1. The molecule has 0 spiro atoms. The zero-order chi connectivity index (χ0) is 13.2. The molecule has 0 bridgehead atoms. The molecule has 0 aliphatic rings. The summed E-state index contributed by atoms with van der Waals surface area (Å²) in [7, 11) is 0. The van der Waals surface area contributed by atoms with Crippen LogP contribution in [0.5, 0.6) is 0 Å². The van der Waals surface area contributed by atoms with E-state index in [-0.39, 0.29) is 5.97 Å². The Kier molecular flexibility index (Phi) is 2.95. The van der Waals surface area contributed by atoms with E-state index in [2.05, 4.69) is 0 Å². The summed E-state index contributed by atoms with van der Waals surface area (Å²) in [5.41, 5.74) is 1.85. The highest BCUT2D eigenvalue weighted by atomic mass is 16.7. The lowest BCUT2D eigenvalue weighted by molar-refractivity contribution is -0.143. The molecule has 19 heavy (non-hydrogen) atoms. The van der Waals surface area contributed by atoms with Gasteiger partial charge in [-0.2, -0.15) is 4.73 Å². The molecule has 0 unspecified atom stereocenters. The summed E-state index contributed by atoms with van der Waals surface area (Å²) in [6.45, 7) is 1.97. The molecule has 3 rings (SSSR count). The van der Waals surface area contributed by atoms with Crippen LogP contribution in [-0.4, -0.2) is 10.7 Å². The molecule has 2 aromatic carbocycles. The SMILES string of the molecule is CCCC(=O)On1c2ccccc2c2ccccc21. The Labute approximate surface area is 111 Å². The number of rotatable bonds is 3. The molecular weight excluding hydrogens is 238 g/mol. The van der Waals surface area contributed by atoms with Crippen LogP contribution in [0.3, 0.4) is 0 Å². The van der Waals surface area contributed by atoms with Crippen LogP contribution in [0, 0.1) is 0 Å². The first-order valence-corrected chi connectivity index (χ1v) is 6.50. The zero-order valence-electron chi connectivity index (χ0n) is 10.8. The van der Waals surface area contributed by atoms with Crippen LogP contribution in [0.1, 0.15) is 19.8 Å². The van der Waals surface area contributed by atoms with Crippen molar-refractivity contribution in [2.24, 2.45) is 0 Å². The molecule has 0 saturated heterocycles. The van der Waals surface area contributed by atoms with E-state index in [1.54, 1.807) is 4.73 Å². The summed E-state index contributed by atoms with van der Waals surface area (Å²) in [5.74, 6) is -0.200. The van der Waals surface area contributed by atoms with E-state index in [0.717, 1.165) is 28.2 Å². The predicted octanol–water partition coefficient (Wildman–Crippen LogP) is 3.55.